The number of carboxylic acids is 1. The van der Waals surface area contributed by atoms with Gasteiger partial charge in [-0.3, -0.25) is 4.79 Å². The van der Waals surface area contributed by atoms with Crippen molar-refractivity contribution in [3.8, 4) is 0 Å². The summed E-state index contributed by atoms with van der Waals surface area (Å²) < 4.78 is 37.5. The van der Waals surface area contributed by atoms with Gasteiger partial charge in [-0.1, -0.05) is 6.07 Å². The molecule has 100 valence electrons. The van der Waals surface area contributed by atoms with Crippen LogP contribution in [-0.4, -0.2) is 28.6 Å². The molecular weight excluding hydrogens is 249 g/mol. The number of alkyl halides is 3. The van der Waals surface area contributed by atoms with Crippen LogP contribution in [0.2, 0.25) is 0 Å². The van der Waals surface area contributed by atoms with E-state index >= 15 is 0 Å². The van der Waals surface area contributed by atoms with Crippen LogP contribution in [0.1, 0.15) is 19.5 Å². The molecular formula is C11H13F3N2O2. The third-order valence-corrected chi connectivity index (χ3v) is 2.25. The molecule has 0 amide bonds. The van der Waals surface area contributed by atoms with Crippen molar-refractivity contribution in [2.45, 2.75) is 26.1 Å². The highest BCUT2D eigenvalue weighted by Crippen LogP contribution is 2.29. The molecule has 0 aliphatic carbocycles. The van der Waals surface area contributed by atoms with Crippen LogP contribution in [0, 0.1) is 0 Å². The number of hydrogen-bond donors (Lipinski definition) is 1. The largest absolute Gasteiger partial charge is 0.480 e. The molecule has 0 saturated carbocycles. The van der Waals surface area contributed by atoms with E-state index in [2.05, 4.69) is 4.98 Å². The highest BCUT2D eigenvalue weighted by molar-refractivity contribution is 5.73. The van der Waals surface area contributed by atoms with E-state index in [1.807, 2.05) is 0 Å². The molecule has 1 aromatic rings. The molecule has 0 aromatic carbocycles. The molecule has 1 N–H and O–H groups in total. The Kier molecular flexibility index (Phi) is 4.15. The number of rotatable bonds is 4. The molecule has 0 radical (unpaired) electrons. The van der Waals surface area contributed by atoms with Gasteiger partial charge in [-0.05, 0) is 26.0 Å². The van der Waals surface area contributed by atoms with Crippen molar-refractivity contribution in [2.75, 3.05) is 11.4 Å². The fourth-order valence-electron chi connectivity index (χ4n) is 1.41. The SMILES string of the molecule is CC(C)N(CC(=O)O)c1cccc(C(F)(F)F)n1. The Morgan fingerprint density at radius 3 is 2.50 bits per heavy atom. The van der Waals surface area contributed by atoms with Crippen LogP contribution < -0.4 is 4.90 Å². The van der Waals surface area contributed by atoms with Gasteiger partial charge in [0.25, 0.3) is 0 Å². The second kappa shape index (κ2) is 5.24. The summed E-state index contributed by atoms with van der Waals surface area (Å²) in [7, 11) is 0. The average Bonchev–Trinajstić information content (AvgIpc) is 2.24. The summed E-state index contributed by atoms with van der Waals surface area (Å²) >= 11 is 0. The third-order valence-electron chi connectivity index (χ3n) is 2.25. The molecule has 0 atom stereocenters. The van der Waals surface area contributed by atoms with Crippen LogP contribution in [-0.2, 0) is 11.0 Å². The topological polar surface area (TPSA) is 53.4 Å². The number of aromatic nitrogens is 1. The van der Waals surface area contributed by atoms with Gasteiger partial charge < -0.3 is 10.0 Å². The lowest BCUT2D eigenvalue weighted by Crippen LogP contribution is -2.36. The third kappa shape index (κ3) is 3.61. The lowest BCUT2D eigenvalue weighted by atomic mass is 10.2. The molecule has 1 rings (SSSR count). The maximum atomic E-state index is 12.5. The van der Waals surface area contributed by atoms with Crippen LogP contribution in [0.15, 0.2) is 18.2 Å². The second-order valence-electron chi connectivity index (χ2n) is 3.99. The highest BCUT2D eigenvalue weighted by Gasteiger charge is 2.33. The van der Waals surface area contributed by atoms with Crippen molar-refractivity contribution in [3.05, 3.63) is 23.9 Å². The van der Waals surface area contributed by atoms with Gasteiger partial charge in [-0.15, -0.1) is 0 Å². The van der Waals surface area contributed by atoms with Gasteiger partial charge in [0, 0.05) is 6.04 Å². The first-order valence-electron chi connectivity index (χ1n) is 5.24. The highest BCUT2D eigenvalue weighted by atomic mass is 19.4. The Bertz CT molecular complexity index is 433. The quantitative estimate of drug-likeness (QED) is 0.905. The molecule has 4 nitrogen and oxygen atoms in total. The molecule has 0 bridgehead atoms. The first-order valence-corrected chi connectivity index (χ1v) is 5.24. The van der Waals surface area contributed by atoms with E-state index in [1.165, 1.54) is 17.0 Å². The minimum atomic E-state index is -4.54. The number of hydrogen-bond acceptors (Lipinski definition) is 3. The minimum Gasteiger partial charge on any atom is -0.480 e. The predicted octanol–water partition coefficient (Wildman–Crippen LogP) is 2.40. The summed E-state index contributed by atoms with van der Waals surface area (Å²) in [6, 6.07) is 3.15. The van der Waals surface area contributed by atoms with E-state index in [-0.39, 0.29) is 11.9 Å². The Labute approximate surface area is 102 Å². The van der Waals surface area contributed by atoms with Crippen molar-refractivity contribution in [2.24, 2.45) is 0 Å². The Morgan fingerprint density at radius 2 is 2.06 bits per heavy atom. The van der Waals surface area contributed by atoms with Gasteiger partial charge >= 0.3 is 12.1 Å². The number of nitrogens with zero attached hydrogens (tertiary/aromatic N) is 2. The monoisotopic (exact) mass is 262 g/mol. The fourth-order valence-corrected chi connectivity index (χ4v) is 1.41. The number of halogens is 3. The first kappa shape index (κ1) is 14.3. The zero-order valence-corrected chi connectivity index (χ0v) is 9.90. The van der Waals surface area contributed by atoms with Crippen LogP contribution in [0.4, 0.5) is 19.0 Å². The maximum Gasteiger partial charge on any atom is 0.433 e. The molecule has 18 heavy (non-hydrogen) atoms. The first-order chi connectivity index (χ1) is 8.21. The zero-order chi connectivity index (χ0) is 13.9. The van der Waals surface area contributed by atoms with Crippen LogP contribution in [0.3, 0.4) is 0 Å². The number of pyridine rings is 1. The van der Waals surface area contributed by atoms with Crippen molar-refractivity contribution in [3.63, 3.8) is 0 Å². The summed E-state index contributed by atoms with van der Waals surface area (Å²) in [6.45, 7) is 2.97. The Balaban J connectivity index is 3.09. The van der Waals surface area contributed by atoms with Gasteiger partial charge in [0.15, 0.2) is 0 Å². The van der Waals surface area contributed by atoms with Gasteiger partial charge in [-0.25, -0.2) is 4.98 Å². The van der Waals surface area contributed by atoms with E-state index < -0.39 is 24.4 Å². The summed E-state index contributed by atoms with van der Waals surface area (Å²) in [6.07, 6.45) is -4.54. The normalized spacial score (nSPS) is 11.7. The van der Waals surface area contributed by atoms with Gasteiger partial charge in [-0.2, -0.15) is 13.2 Å². The summed E-state index contributed by atoms with van der Waals surface area (Å²) in [4.78, 5) is 15.4. The lowest BCUT2D eigenvalue weighted by Gasteiger charge is -2.26. The molecule has 0 aliphatic rings. The van der Waals surface area contributed by atoms with Crippen molar-refractivity contribution in [1.82, 2.24) is 4.98 Å². The molecule has 0 fully saturated rings. The van der Waals surface area contributed by atoms with E-state index in [1.54, 1.807) is 13.8 Å². The smallest absolute Gasteiger partial charge is 0.433 e. The molecule has 0 spiro atoms. The van der Waals surface area contributed by atoms with Crippen molar-refractivity contribution in [1.29, 1.82) is 0 Å². The van der Waals surface area contributed by atoms with Gasteiger partial charge in [0.05, 0.1) is 0 Å². The average molecular weight is 262 g/mol. The number of aliphatic carboxylic acids is 1. The predicted molar refractivity (Wildman–Crippen MR) is 59.4 cm³/mol. The maximum absolute atomic E-state index is 12.5. The molecule has 1 aromatic heterocycles. The zero-order valence-electron chi connectivity index (χ0n) is 9.90. The van der Waals surface area contributed by atoms with Gasteiger partial charge in [0.2, 0.25) is 0 Å². The summed E-state index contributed by atoms with van der Waals surface area (Å²) in [5.41, 5.74) is -1.03. The second-order valence-corrected chi connectivity index (χ2v) is 3.99. The van der Waals surface area contributed by atoms with E-state index in [0.717, 1.165) is 6.07 Å². The minimum absolute atomic E-state index is 0.00206. The van der Waals surface area contributed by atoms with Crippen molar-refractivity contribution >= 4 is 11.8 Å². The fraction of sp³-hybridized carbons (Fsp3) is 0.455. The molecule has 1 heterocycles. The Hall–Kier alpha value is -1.79. The molecule has 0 saturated heterocycles. The molecule has 0 unspecified atom stereocenters. The molecule has 0 aliphatic heterocycles. The van der Waals surface area contributed by atoms with E-state index in [0.29, 0.717) is 0 Å². The number of anilines is 1. The summed E-state index contributed by atoms with van der Waals surface area (Å²) in [5, 5.41) is 8.73. The lowest BCUT2D eigenvalue weighted by molar-refractivity contribution is -0.141. The van der Waals surface area contributed by atoms with Crippen LogP contribution in [0.25, 0.3) is 0 Å². The van der Waals surface area contributed by atoms with E-state index in [9.17, 15) is 18.0 Å². The Morgan fingerprint density at radius 1 is 1.44 bits per heavy atom. The number of carboxylic acid groups (broad SMARTS) is 1. The van der Waals surface area contributed by atoms with E-state index in [4.69, 9.17) is 5.11 Å². The molecule has 7 heteroatoms. The standard InChI is InChI=1S/C11H13F3N2O2/c1-7(2)16(6-10(17)18)9-5-3-4-8(15-9)11(12,13)14/h3-5,7H,6H2,1-2H3,(H,17,18). The van der Waals surface area contributed by atoms with Crippen LogP contribution in [0.5, 0.6) is 0 Å². The van der Waals surface area contributed by atoms with Crippen molar-refractivity contribution < 1.29 is 23.1 Å². The number of carbonyl (C=O) groups is 1. The van der Waals surface area contributed by atoms with Crippen LogP contribution >= 0.6 is 0 Å². The summed E-state index contributed by atoms with van der Waals surface area (Å²) in [5.74, 6) is -1.12. The van der Waals surface area contributed by atoms with Gasteiger partial charge in [0.1, 0.15) is 18.1 Å².